The highest BCUT2D eigenvalue weighted by molar-refractivity contribution is 7.14. The highest BCUT2D eigenvalue weighted by Gasteiger charge is 2.12. The molecule has 1 aromatic heterocycles. The molecule has 2 aliphatic carbocycles. The molecule has 3 rings (SSSR count). The van der Waals surface area contributed by atoms with Gasteiger partial charge in [-0.15, -0.1) is 11.3 Å². The van der Waals surface area contributed by atoms with Gasteiger partial charge in [0.1, 0.15) is 0 Å². The maximum atomic E-state index is 2.26. The van der Waals surface area contributed by atoms with Crippen LogP contribution in [-0.4, -0.2) is 0 Å². The number of thiophene rings is 1. The third-order valence-electron chi connectivity index (χ3n) is 2.69. The van der Waals surface area contributed by atoms with Crippen molar-refractivity contribution in [3.05, 3.63) is 45.2 Å². The van der Waals surface area contributed by atoms with Gasteiger partial charge in [0.15, 0.2) is 0 Å². The van der Waals surface area contributed by atoms with Gasteiger partial charge >= 0.3 is 0 Å². The lowest BCUT2D eigenvalue weighted by Gasteiger charge is -1.94. The average molecular weight is 212 g/mol. The highest BCUT2D eigenvalue weighted by Crippen LogP contribution is 2.35. The molecular weight excluding hydrogens is 200 g/mol. The van der Waals surface area contributed by atoms with Crippen LogP contribution in [-0.2, 0) is 0 Å². The van der Waals surface area contributed by atoms with E-state index in [4.69, 9.17) is 0 Å². The van der Waals surface area contributed by atoms with E-state index in [1.54, 1.807) is 0 Å². The molecule has 0 N–H and O–H groups in total. The summed E-state index contributed by atoms with van der Waals surface area (Å²) in [6.45, 7) is 0. The molecule has 1 aromatic rings. The zero-order chi connectivity index (χ0) is 10.1. The molecule has 0 nitrogen and oxygen atoms in total. The molecule has 0 saturated heterocycles. The van der Waals surface area contributed by atoms with Crippen LogP contribution in [0.3, 0.4) is 0 Å². The lowest BCUT2D eigenvalue weighted by Crippen LogP contribution is -1.76. The Bertz CT molecular complexity index is 451. The second kappa shape index (κ2) is 3.67. The second-order valence-electron chi connectivity index (χ2n) is 3.74. The molecule has 0 unspecified atom stereocenters. The average Bonchev–Trinajstić information content (AvgIpc) is 2.51. The summed E-state index contributed by atoms with van der Waals surface area (Å²) in [5.41, 5.74) is 2.79. The summed E-state index contributed by atoms with van der Waals surface area (Å²) in [6, 6.07) is 0. The van der Waals surface area contributed by atoms with Crippen LogP contribution in [0.1, 0.15) is 33.7 Å². The number of rotatable bonds is 0. The quantitative estimate of drug-likeness (QED) is 0.589. The Labute approximate surface area is 94.0 Å². The zero-order valence-corrected chi connectivity index (χ0v) is 9.26. The van der Waals surface area contributed by atoms with Crippen LogP contribution in [0.15, 0.2) is 24.3 Å². The molecule has 0 atom stereocenters. The lowest BCUT2D eigenvalue weighted by molar-refractivity contribution is 1.43. The molecule has 0 aromatic carbocycles. The minimum Gasteiger partial charge on any atom is -0.135 e. The first-order valence-electron chi connectivity index (χ1n) is 5.28. The van der Waals surface area contributed by atoms with Gasteiger partial charge in [0.25, 0.3) is 0 Å². The topological polar surface area (TPSA) is 0 Å². The molecule has 0 fully saturated rings. The normalized spacial score (nSPS) is 17.1. The fourth-order valence-electron chi connectivity index (χ4n) is 1.96. The van der Waals surface area contributed by atoms with Crippen molar-refractivity contribution in [1.29, 1.82) is 0 Å². The fraction of sp³-hybridized carbons (Fsp3) is 0.143. The number of hydrogen-bond acceptors (Lipinski definition) is 1. The lowest BCUT2D eigenvalue weighted by atomic mass is 10.1. The number of fused-ring (bicyclic) bond motifs is 3. The van der Waals surface area contributed by atoms with Gasteiger partial charge < -0.3 is 0 Å². The minimum absolute atomic E-state index is 1.05. The van der Waals surface area contributed by atoms with Gasteiger partial charge in [-0.25, -0.2) is 0 Å². The summed E-state index contributed by atoms with van der Waals surface area (Å²) >= 11 is 1.89. The third-order valence-corrected chi connectivity index (χ3v) is 3.84. The predicted octanol–water partition coefficient (Wildman–Crippen LogP) is 4.61. The Kier molecular flexibility index (Phi) is 2.18. The first kappa shape index (κ1) is 8.93. The Morgan fingerprint density at radius 3 is 1.67 bits per heavy atom. The summed E-state index contributed by atoms with van der Waals surface area (Å²) in [5, 5.41) is 0. The maximum absolute atomic E-state index is 2.26. The standard InChI is InChI=1S/C14H12S/c1-3-7-11-12-8-4-2-6-10-14(12)15-13(11)9-5-1/h3-10H,1-2H2. The first-order valence-corrected chi connectivity index (χ1v) is 6.10. The second-order valence-corrected chi connectivity index (χ2v) is 4.82. The number of allylic oxidation sites excluding steroid dienone is 4. The van der Waals surface area contributed by atoms with Crippen LogP contribution < -0.4 is 0 Å². The predicted molar refractivity (Wildman–Crippen MR) is 69.7 cm³/mol. The highest BCUT2D eigenvalue weighted by atomic mass is 32.1. The van der Waals surface area contributed by atoms with Gasteiger partial charge in [-0.2, -0.15) is 0 Å². The van der Waals surface area contributed by atoms with Crippen LogP contribution in [0.2, 0.25) is 0 Å². The van der Waals surface area contributed by atoms with Crippen molar-refractivity contribution in [2.75, 3.05) is 0 Å². The van der Waals surface area contributed by atoms with Gasteiger partial charge in [-0.3, -0.25) is 0 Å². The van der Waals surface area contributed by atoms with Crippen LogP contribution in [0.25, 0.3) is 24.3 Å². The molecule has 15 heavy (non-hydrogen) atoms. The van der Waals surface area contributed by atoms with E-state index in [0.29, 0.717) is 0 Å². The van der Waals surface area contributed by atoms with Gasteiger partial charge in [-0.1, -0.05) is 36.5 Å². The molecule has 0 bridgehead atoms. The van der Waals surface area contributed by atoms with E-state index in [2.05, 4.69) is 48.6 Å². The fourth-order valence-corrected chi connectivity index (χ4v) is 3.11. The zero-order valence-electron chi connectivity index (χ0n) is 8.44. The van der Waals surface area contributed by atoms with Crippen molar-refractivity contribution in [1.82, 2.24) is 0 Å². The summed E-state index contributed by atoms with van der Waals surface area (Å²) in [4.78, 5) is 2.79. The Morgan fingerprint density at radius 1 is 0.667 bits per heavy atom. The third kappa shape index (κ3) is 1.53. The van der Waals surface area contributed by atoms with E-state index in [9.17, 15) is 0 Å². The molecule has 74 valence electrons. The summed E-state index contributed by atoms with van der Waals surface area (Å²) in [7, 11) is 0. The van der Waals surface area contributed by atoms with Crippen molar-refractivity contribution in [3.63, 3.8) is 0 Å². The molecule has 0 spiro atoms. The monoisotopic (exact) mass is 212 g/mol. The Balaban J connectivity index is 2.26. The molecule has 1 heteroatoms. The summed E-state index contributed by atoms with van der Waals surface area (Å²) < 4.78 is 0. The van der Waals surface area contributed by atoms with Gasteiger partial charge in [0, 0.05) is 9.75 Å². The molecule has 2 aliphatic rings. The van der Waals surface area contributed by atoms with Crippen LogP contribution >= 0.6 is 11.3 Å². The van der Waals surface area contributed by atoms with E-state index in [0.717, 1.165) is 12.8 Å². The Hall–Kier alpha value is -1.34. The van der Waals surface area contributed by atoms with E-state index >= 15 is 0 Å². The van der Waals surface area contributed by atoms with Crippen LogP contribution in [0.4, 0.5) is 0 Å². The maximum Gasteiger partial charge on any atom is 0.0352 e. The van der Waals surface area contributed by atoms with Crippen LogP contribution in [0, 0.1) is 0 Å². The van der Waals surface area contributed by atoms with Gasteiger partial charge in [0.05, 0.1) is 0 Å². The van der Waals surface area contributed by atoms with E-state index in [1.807, 2.05) is 11.3 Å². The summed E-state index contributed by atoms with van der Waals surface area (Å²) in [5.74, 6) is 0. The number of hydrogen-bond donors (Lipinski definition) is 0. The van der Waals surface area contributed by atoms with E-state index in [1.165, 1.54) is 20.9 Å². The molecule has 1 heterocycles. The molecule has 0 amide bonds. The van der Waals surface area contributed by atoms with Crippen molar-refractivity contribution >= 4 is 35.6 Å². The van der Waals surface area contributed by atoms with Crippen molar-refractivity contribution in [3.8, 4) is 0 Å². The minimum atomic E-state index is 1.05. The van der Waals surface area contributed by atoms with Crippen molar-refractivity contribution in [2.24, 2.45) is 0 Å². The van der Waals surface area contributed by atoms with Gasteiger partial charge in [0.2, 0.25) is 0 Å². The smallest absolute Gasteiger partial charge is 0.0352 e. The van der Waals surface area contributed by atoms with Gasteiger partial charge in [-0.05, 0) is 36.1 Å². The molecular formula is C14H12S. The molecule has 0 radical (unpaired) electrons. The largest absolute Gasteiger partial charge is 0.135 e. The van der Waals surface area contributed by atoms with Crippen molar-refractivity contribution < 1.29 is 0 Å². The SMILES string of the molecule is C1=Cc2sc3c(c2C=CC1)C=CCC=C3. The van der Waals surface area contributed by atoms with E-state index in [-0.39, 0.29) is 0 Å². The summed E-state index contributed by atoms with van der Waals surface area (Å²) in [6.07, 6.45) is 20.0. The van der Waals surface area contributed by atoms with Crippen LogP contribution in [0.5, 0.6) is 0 Å². The first-order chi connectivity index (χ1) is 7.45. The van der Waals surface area contributed by atoms with E-state index < -0.39 is 0 Å². The Morgan fingerprint density at radius 2 is 1.13 bits per heavy atom. The molecule has 0 aliphatic heterocycles. The van der Waals surface area contributed by atoms with Crippen molar-refractivity contribution in [2.45, 2.75) is 12.8 Å². The molecule has 0 saturated carbocycles.